The maximum Gasteiger partial charge on any atom is 0.142 e. The molecule has 1 atom stereocenters. The van der Waals surface area contributed by atoms with E-state index in [0.717, 1.165) is 9.13 Å². The molecule has 1 rings (SSSR count). The molecule has 0 bridgehead atoms. The summed E-state index contributed by atoms with van der Waals surface area (Å²) in [7, 11) is 0. The number of hydrogen-bond acceptors (Lipinski definition) is 0. The molecule has 1 aromatic rings. The maximum absolute atomic E-state index is 13.6. The highest BCUT2D eigenvalue weighted by Crippen LogP contribution is 2.27. The SMILES string of the molecule is CC(F)(CBr)c1ccc(I)cc1. The van der Waals surface area contributed by atoms with Gasteiger partial charge in [-0.3, -0.25) is 0 Å². The second-order valence-electron chi connectivity index (χ2n) is 2.84. The first-order valence-electron chi connectivity index (χ1n) is 3.57. The van der Waals surface area contributed by atoms with Gasteiger partial charge < -0.3 is 0 Å². The number of alkyl halides is 2. The lowest BCUT2D eigenvalue weighted by molar-refractivity contribution is 0.230. The quantitative estimate of drug-likeness (QED) is 0.565. The van der Waals surface area contributed by atoms with Crippen LogP contribution in [0.3, 0.4) is 0 Å². The summed E-state index contributed by atoms with van der Waals surface area (Å²) in [4.78, 5) is 0. The van der Waals surface area contributed by atoms with Crippen molar-refractivity contribution in [3.05, 3.63) is 33.4 Å². The number of benzene rings is 1. The normalized spacial score (nSPS) is 15.7. The molecule has 0 saturated heterocycles. The molecule has 0 aromatic heterocycles. The van der Waals surface area contributed by atoms with Gasteiger partial charge in [0.1, 0.15) is 5.67 Å². The Bertz CT molecular complexity index is 256. The van der Waals surface area contributed by atoms with Crippen molar-refractivity contribution in [2.24, 2.45) is 0 Å². The monoisotopic (exact) mass is 342 g/mol. The van der Waals surface area contributed by atoms with Crippen molar-refractivity contribution in [2.75, 3.05) is 5.33 Å². The van der Waals surface area contributed by atoms with Crippen molar-refractivity contribution in [3.63, 3.8) is 0 Å². The average molecular weight is 343 g/mol. The van der Waals surface area contributed by atoms with Gasteiger partial charge in [0.2, 0.25) is 0 Å². The Morgan fingerprint density at radius 3 is 2.33 bits per heavy atom. The molecule has 1 aromatic carbocycles. The Labute approximate surface area is 93.8 Å². The van der Waals surface area contributed by atoms with E-state index in [0.29, 0.717) is 5.33 Å². The first-order valence-corrected chi connectivity index (χ1v) is 5.77. The fourth-order valence-corrected chi connectivity index (χ4v) is 1.56. The predicted molar refractivity (Wildman–Crippen MR) is 61.4 cm³/mol. The molecular weight excluding hydrogens is 334 g/mol. The van der Waals surface area contributed by atoms with E-state index in [4.69, 9.17) is 0 Å². The Hall–Kier alpha value is 0.360. The van der Waals surface area contributed by atoms with Gasteiger partial charge in [-0.25, -0.2) is 4.39 Å². The van der Waals surface area contributed by atoms with E-state index in [9.17, 15) is 4.39 Å². The van der Waals surface area contributed by atoms with Gasteiger partial charge in [-0.05, 0) is 47.2 Å². The lowest BCUT2D eigenvalue weighted by Crippen LogP contribution is -2.16. The highest BCUT2D eigenvalue weighted by Gasteiger charge is 2.23. The van der Waals surface area contributed by atoms with Crippen molar-refractivity contribution in [2.45, 2.75) is 12.6 Å². The van der Waals surface area contributed by atoms with Crippen molar-refractivity contribution < 1.29 is 4.39 Å². The van der Waals surface area contributed by atoms with Crippen LogP contribution in [0.5, 0.6) is 0 Å². The molecular formula is C9H9BrFI. The number of hydrogen-bond donors (Lipinski definition) is 0. The fourth-order valence-electron chi connectivity index (χ4n) is 0.875. The topological polar surface area (TPSA) is 0 Å². The molecule has 0 nitrogen and oxygen atoms in total. The van der Waals surface area contributed by atoms with Gasteiger partial charge in [0.05, 0.1) is 0 Å². The van der Waals surface area contributed by atoms with E-state index in [-0.39, 0.29) is 0 Å². The summed E-state index contributed by atoms with van der Waals surface area (Å²) in [5.41, 5.74) is -0.538. The summed E-state index contributed by atoms with van der Waals surface area (Å²) >= 11 is 5.35. The zero-order valence-corrected chi connectivity index (χ0v) is 10.4. The molecule has 0 aliphatic carbocycles. The van der Waals surface area contributed by atoms with Gasteiger partial charge in [0, 0.05) is 8.90 Å². The van der Waals surface area contributed by atoms with E-state index in [1.807, 2.05) is 24.3 Å². The standard InChI is InChI=1S/C9H9BrFI/c1-9(11,6-10)7-2-4-8(12)5-3-7/h2-5H,6H2,1H3. The van der Waals surface area contributed by atoms with Crippen molar-refractivity contribution in [1.29, 1.82) is 0 Å². The fraction of sp³-hybridized carbons (Fsp3) is 0.333. The predicted octanol–water partition coefficient (Wildman–Crippen LogP) is 3.87. The van der Waals surface area contributed by atoms with Crippen LogP contribution >= 0.6 is 38.5 Å². The summed E-state index contributed by atoms with van der Waals surface area (Å²) < 4.78 is 14.8. The summed E-state index contributed by atoms with van der Waals surface area (Å²) in [6, 6.07) is 7.47. The lowest BCUT2D eigenvalue weighted by Gasteiger charge is -2.17. The minimum atomic E-state index is -1.26. The Morgan fingerprint density at radius 1 is 1.42 bits per heavy atom. The molecule has 0 fully saturated rings. The zero-order valence-electron chi connectivity index (χ0n) is 6.65. The molecule has 3 heteroatoms. The van der Waals surface area contributed by atoms with Crippen LogP contribution in [0.4, 0.5) is 4.39 Å². The molecule has 0 aliphatic rings. The molecule has 0 amide bonds. The summed E-state index contributed by atoms with van der Waals surface area (Å²) in [6.45, 7) is 1.57. The first kappa shape index (κ1) is 10.4. The Morgan fingerprint density at radius 2 is 1.92 bits per heavy atom. The molecule has 1 unspecified atom stereocenters. The molecule has 0 aliphatic heterocycles. The molecule has 0 spiro atoms. The van der Waals surface area contributed by atoms with Gasteiger partial charge in [0.25, 0.3) is 0 Å². The summed E-state index contributed by atoms with van der Waals surface area (Å²) in [5.74, 6) is 0. The van der Waals surface area contributed by atoms with Crippen LogP contribution in [-0.2, 0) is 5.67 Å². The Balaban J connectivity index is 2.96. The van der Waals surface area contributed by atoms with E-state index in [1.54, 1.807) is 6.92 Å². The third kappa shape index (κ3) is 2.42. The maximum atomic E-state index is 13.6. The first-order chi connectivity index (χ1) is 5.56. The largest absolute Gasteiger partial charge is 0.238 e. The van der Waals surface area contributed by atoms with Gasteiger partial charge >= 0.3 is 0 Å². The summed E-state index contributed by atoms with van der Waals surface area (Å²) in [6.07, 6.45) is 0. The second-order valence-corrected chi connectivity index (χ2v) is 4.64. The summed E-state index contributed by atoms with van der Waals surface area (Å²) in [5, 5.41) is 0.334. The highest BCUT2D eigenvalue weighted by atomic mass is 127. The van der Waals surface area contributed by atoms with Crippen LogP contribution in [0.25, 0.3) is 0 Å². The molecule has 0 radical (unpaired) electrons. The van der Waals surface area contributed by atoms with Crippen molar-refractivity contribution in [3.8, 4) is 0 Å². The molecule has 66 valence electrons. The van der Waals surface area contributed by atoms with Gasteiger partial charge in [-0.2, -0.15) is 0 Å². The van der Waals surface area contributed by atoms with Gasteiger partial charge in [-0.15, -0.1) is 0 Å². The highest BCUT2D eigenvalue weighted by molar-refractivity contribution is 14.1. The minimum absolute atomic E-state index is 0.334. The third-order valence-corrected chi connectivity index (χ3v) is 3.47. The van der Waals surface area contributed by atoms with Crippen LogP contribution in [0.15, 0.2) is 24.3 Å². The van der Waals surface area contributed by atoms with E-state index in [1.165, 1.54) is 0 Å². The van der Waals surface area contributed by atoms with Crippen LogP contribution in [-0.4, -0.2) is 5.33 Å². The van der Waals surface area contributed by atoms with Crippen LogP contribution in [0.1, 0.15) is 12.5 Å². The van der Waals surface area contributed by atoms with E-state index < -0.39 is 5.67 Å². The number of halogens is 3. The lowest BCUT2D eigenvalue weighted by atomic mass is 10.0. The zero-order chi connectivity index (χ0) is 9.19. The van der Waals surface area contributed by atoms with Gasteiger partial charge in [-0.1, -0.05) is 28.1 Å². The van der Waals surface area contributed by atoms with Crippen molar-refractivity contribution >= 4 is 38.5 Å². The van der Waals surface area contributed by atoms with Crippen molar-refractivity contribution in [1.82, 2.24) is 0 Å². The third-order valence-electron chi connectivity index (χ3n) is 1.70. The smallest absolute Gasteiger partial charge is 0.142 e. The number of rotatable bonds is 2. The van der Waals surface area contributed by atoms with Crippen LogP contribution in [0, 0.1) is 3.57 Å². The molecule has 0 heterocycles. The minimum Gasteiger partial charge on any atom is -0.238 e. The van der Waals surface area contributed by atoms with Crippen LogP contribution < -0.4 is 0 Å². The molecule has 0 N–H and O–H groups in total. The average Bonchev–Trinajstić information content (AvgIpc) is 2.05. The molecule has 12 heavy (non-hydrogen) atoms. The Kier molecular flexibility index (Phi) is 3.52. The second kappa shape index (κ2) is 4.05. The molecule has 0 saturated carbocycles. The van der Waals surface area contributed by atoms with Crippen LogP contribution in [0.2, 0.25) is 0 Å². The van der Waals surface area contributed by atoms with E-state index >= 15 is 0 Å². The van der Waals surface area contributed by atoms with Gasteiger partial charge in [0.15, 0.2) is 0 Å². The van der Waals surface area contributed by atoms with E-state index in [2.05, 4.69) is 38.5 Å².